The van der Waals surface area contributed by atoms with Crippen molar-refractivity contribution in [2.24, 2.45) is 12.0 Å². The number of nitrogens with zero attached hydrogens (tertiary/aromatic N) is 3. The predicted molar refractivity (Wildman–Crippen MR) is 150 cm³/mol. The molecule has 7 heteroatoms. The van der Waals surface area contributed by atoms with E-state index in [0.29, 0.717) is 20.6 Å². The summed E-state index contributed by atoms with van der Waals surface area (Å²) in [5.74, 6) is -0.479. The minimum atomic E-state index is -0.670. The zero-order valence-electron chi connectivity index (χ0n) is 21.0. The van der Waals surface area contributed by atoms with Gasteiger partial charge in [-0.15, -0.1) is 0 Å². The molecular weight excluding hydrogens is 494 g/mol. The fourth-order valence-corrected chi connectivity index (χ4v) is 6.01. The van der Waals surface area contributed by atoms with Crippen LogP contribution in [0.4, 0.5) is 0 Å². The van der Waals surface area contributed by atoms with E-state index in [1.165, 1.54) is 11.3 Å². The lowest BCUT2D eigenvalue weighted by Crippen LogP contribution is -2.39. The van der Waals surface area contributed by atoms with Crippen LogP contribution in [-0.2, 0) is 16.6 Å². The highest BCUT2D eigenvalue weighted by atomic mass is 32.1. The number of ether oxygens (including phenoxy) is 1. The lowest BCUT2D eigenvalue weighted by Gasteiger charge is -2.25. The van der Waals surface area contributed by atoms with Crippen molar-refractivity contribution >= 4 is 40.0 Å². The second kappa shape index (κ2) is 9.76. The van der Waals surface area contributed by atoms with E-state index < -0.39 is 12.0 Å². The van der Waals surface area contributed by atoms with Crippen molar-refractivity contribution in [3.63, 3.8) is 0 Å². The standard InChI is InChI=1S/C31H25N3O3S/c1-3-37-30(36)26-27(20-12-6-4-7-13-20)32-31-34(28(26)21-14-8-5-9-15-21)29(35)25(38-31)18-22-19-33(2)24-17-11-10-16-23(22)24/h4-19,28H,3H2,1-2H3/b25-18-/t28-/m1/s1. The van der Waals surface area contributed by atoms with Gasteiger partial charge in [-0.1, -0.05) is 90.2 Å². The summed E-state index contributed by atoms with van der Waals surface area (Å²) < 4.78 is 9.76. The van der Waals surface area contributed by atoms with E-state index >= 15 is 0 Å². The molecule has 6 nitrogen and oxygen atoms in total. The summed E-state index contributed by atoms with van der Waals surface area (Å²) in [4.78, 5) is 32.9. The Bertz CT molecular complexity index is 1880. The highest BCUT2D eigenvalue weighted by molar-refractivity contribution is 7.07. The Morgan fingerprint density at radius 3 is 2.42 bits per heavy atom. The largest absolute Gasteiger partial charge is 0.463 e. The Labute approximate surface area is 223 Å². The van der Waals surface area contributed by atoms with Crippen LogP contribution in [-0.4, -0.2) is 21.7 Å². The molecule has 0 radical (unpaired) electrons. The first-order chi connectivity index (χ1) is 18.6. The molecule has 0 saturated carbocycles. The zero-order chi connectivity index (χ0) is 26.2. The van der Waals surface area contributed by atoms with Crippen LogP contribution in [0.3, 0.4) is 0 Å². The van der Waals surface area contributed by atoms with Crippen molar-refractivity contribution in [1.29, 1.82) is 0 Å². The number of thiazole rings is 1. The average molecular weight is 520 g/mol. The van der Waals surface area contributed by atoms with Gasteiger partial charge in [0.25, 0.3) is 5.56 Å². The normalized spacial score (nSPS) is 15.4. The molecule has 3 heterocycles. The number of esters is 1. The van der Waals surface area contributed by atoms with E-state index in [-0.39, 0.29) is 12.2 Å². The summed E-state index contributed by atoms with van der Waals surface area (Å²) in [5.41, 5.74) is 4.34. The van der Waals surface area contributed by atoms with E-state index in [2.05, 4.69) is 16.7 Å². The third-order valence-corrected chi connectivity index (χ3v) is 7.69. The molecule has 0 spiro atoms. The van der Waals surface area contributed by atoms with Crippen LogP contribution >= 0.6 is 11.3 Å². The van der Waals surface area contributed by atoms with Crippen LogP contribution in [0.1, 0.15) is 29.7 Å². The monoisotopic (exact) mass is 519 g/mol. The highest BCUT2D eigenvalue weighted by Gasteiger charge is 2.35. The third-order valence-electron chi connectivity index (χ3n) is 6.70. The number of benzene rings is 3. The molecule has 38 heavy (non-hydrogen) atoms. The van der Waals surface area contributed by atoms with Gasteiger partial charge in [0, 0.05) is 35.3 Å². The number of carbonyl (C=O) groups is 1. The second-order valence-corrected chi connectivity index (χ2v) is 10.1. The van der Waals surface area contributed by atoms with E-state index in [4.69, 9.17) is 9.73 Å². The number of hydrogen-bond donors (Lipinski definition) is 0. The smallest absolute Gasteiger partial charge is 0.338 e. The van der Waals surface area contributed by atoms with Gasteiger partial charge < -0.3 is 9.30 Å². The summed E-state index contributed by atoms with van der Waals surface area (Å²) in [6.07, 6.45) is 3.95. The average Bonchev–Trinajstić information content (AvgIpc) is 3.44. The maximum atomic E-state index is 14.0. The Morgan fingerprint density at radius 1 is 1.00 bits per heavy atom. The number of fused-ring (bicyclic) bond motifs is 2. The number of aromatic nitrogens is 2. The van der Waals surface area contributed by atoms with Gasteiger partial charge in [-0.25, -0.2) is 9.79 Å². The summed E-state index contributed by atoms with van der Waals surface area (Å²) in [5, 5.41) is 1.07. The maximum Gasteiger partial charge on any atom is 0.338 e. The van der Waals surface area contributed by atoms with Gasteiger partial charge >= 0.3 is 5.97 Å². The molecular formula is C31H25N3O3S. The molecule has 1 atom stereocenters. The fraction of sp³-hybridized carbons (Fsp3) is 0.129. The van der Waals surface area contributed by atoms with Crippen molar-refractivity contribution in [2.75, 3.05) is 6.61 Å². The van der Waals surface area contributed by atoms with Crippen molar-refractivity contribution in [3.8, 4) is 0 Å². The van der Waals surface area contributed by atoms with E-state index in [0.717, 1.165) is 27.6 Å². The van der Waals surface area contributed by atoms with Crippen LogP contribution in [0.25, 0.3) is 22.7 Å². The molecule has 0 fully saturated rings. The van der Waals surface area contributed by atoms with Crippen molar-refractivity contribution in [1.82, 2.24) is 9.13 Å². The molecule has 2 aromatic heterocycles. The SMILES string of the molecule is CCOC(=O)C1=C(c2ccccc2)N=c2s/c(=C\c3cn(C)c4ccccc34)c(=O)n2[C@@H]1c1ccccc1. The van der Waals surface area contributed by atoms with Crippen molar-refractivity contribution in [2.45, 2.75) is 13.0 Å². The van der Waals surface area contributed by atoms with Crippen LogP contribution < -0.4 is 14.9 Å². The topological polar surface area (TPSA) is 65.6 Å². The van der Waals surface area contributed by atoms with Crippen LogP contribution in [0.15, 0.2) is 106 Å². The molecule has 188 valence electrons. The van der Waals surface area contributed by atoms with Gasteiger partial charge in [0.1, 0.15) is 0 Å². The van der Waals surface area contributed by atoms with Gasteiger partial charge in [0.05, 0.1) is 28.5 Å². The van der Waals surface area contributed by atoms with E-state index in [1.54, 1.807) is 11.5 Å². The van der Waals surface area contributed by atoms with Crippen molar-refractivity contribution < 1.29 is 9.53 Å². The fourth-order valence-electron chi connectivity index (χ4n) is 5.02. The summed E-state index contributed by atoms with van der Waals surface area (Å²) in [7, 11) is 1.99. The first-order valence-electron chi connectivity index (χ1n) is 12.4. The number of hydrogen-bond acceptors (Lipinski definition) is 5. The molecule has 0 unspecified atom stereocenters. The zero-order valence-corrected chi connectivity index (χ0v) is 21.8. The number of carbonyl (C=O) groups excluding carboxylic acids is 1. The lowest BCUT2D eigenvalue weighted by atomic mass is 9.93. The number of rotatable bonds is 5. The molecule has 0 N–H and O–H groups in total. The third kappa shape index (κ3) is 4.01. The Hall–Kier alpha value is -4.49. The van der Waals surface area contributed by atoms with E-state index in [9.17, 15) is 9.59 Å². The minimum Gasteiger partial charge on any atom is -0.463 e. The molecule has 3 aromatic carbocycles. The quantitative estimate of drug-likeness (QED) is 0.323. The molecule has 0 saturated heterocycles. The van der Waals surface area contributed by atoms with Crippen LogP contribution in [0.2, 0.25) is 0 Å². The van der Waals surface area contributed by atoms with Crippen LogP contribution in [0.5, 0.6) is 0 Å². The maximum absolute atomic E-state index is 14.0. The molecule has 6 rings (SSSR count). The predicted octanol–water partition coefficient (Wildman–Crippen LogP) is 4.43. The van der Waals surface area contributed by atoms with Gasteiger partial charge in [-0.3, -0.25) is 9.36 Å². The van der Waals surface area contributed by atoms with Crippen LogP contribution in [0, 0.1) is 0 Å². The molecule has 5 aromatic rings. The minimum absolute atomic E-state index is 0.190. The summed E-state index contributed by atoms with van der Waals surface area (Å²) in [6, 6.07) is 26.6. The molecule has 0 bridgehead atoms. The van der Waals surface area contributed by atoms with Gasteiger partial charge in [-0.2, -0.15) is 0 Å². The highest BCUT2D eigenvalue weighted by Crippen LogP contribution is 2.35. The Morgan fingerprint density at radius 2 is 1.68 bits per heavy atom. The first kappa shape index (κ1) is 23.9. The van der Waals surface area contributed by atoms with E-state index in [1.807, 2.05) is 92.1 Å². The molecule has 0 amide bonds. The second-order valence-electron chi connectivity index (χ2n) is 9.05. The van der Waals surface area contributed by atoms with Gasteiger partial charge in [0.2, 0.25) is 0 Å². The Kier molecular flexibility index (Phi) is 6.13. The number of aryl methyl sites for hydroxylation is 1. The first-order valence-corrected chi connectivity index (χ1v) is 13.3. The van der Waals surface area contributed by atoms with Gasteiger partial charge in [0.15, 0.2) is 4.80 Å². The molecule has 0 aliphatic carbocycles. The Balaban J connectivity index is 1.66. The molecule has 1 aliphatic rings. The lowest BCUT2D eigenvalue weighted by molar-refractivity contribution is -0.138. The van der Waals surface area contributed by atoms with Crippen molar-refractivity contribution in [3.05, 3.63) is 133 Å². The summed E-state index contributed by atoms with van der Waals surface area (Å²) >= 11 is 1.33. The number of para-hydroxylation sites is 1. The van der Waals surface area contributed by atoms with Gasteiger partial charge in [-0.05, 0) is 24.6 Å². The summed E-state index contributed by atoms with van der Waals surface area (Å²) in [6.45, 7) is 2.00. The molecule has 1 aliphatic heterocycles.